The third kappa shape index (κ3) is 3.68. The first-order valence-electron chi connectivity index (χ1n) is 7.52. The van der Waals surface area contributed by atoms with Crippen molar-refractivity contribution in [1.82, 2.24) is 5.43 Å². The van der Waals surface area contributed by atoms with Crippen LogP contribution in [0.15, 0.2) is 65.1 Å². The maximum absolute atomic E-state index is 12.3. The van der Waals surface area contributed by atoms with Gasteiger partial charge in [0.25, 0.3) is 0 Å². The Hall–Kier alpha value is -2.53. The van der Waals surface area contributed by atoms with Gasteiger partial charge in [-0.15, -0.1) is 0 Å². The van der Waals surface area contributed by atoms with E-state index in [9.17, 15) is 4.79 Å². The van der Waals surface area contributed by atoms with Gasteiger partial charge in [-0.05, 0) is 41.1 Å². The Balaban J connectivity index is 1.81. The van der Waals surface area contributed by atoms with Crippen LogP contribution in [0.1, 0.15) is 5.56 Å². The number of nitrogens with one attached hydrogen (secondary N) is 2. The molecule has 3 aromatic rings. The van der Waals surface area contributed by atoms with Crippen LogP contribution in [0.4, 0.5) is 5.69 Å². The van der Waals surface area contributed by atoms with E-state index in [1.807, 2.05) is 60.7 Å². The molecule has 122 valence electrons. The fourth-order valence-corrected chi connectivity index (χ4v) is 2.97. The fourth-order valence-electron chi connectivity index (χ4n) is 2.59. The zero-order chi connectivity index (χ0) is 16.9. The number of hydrogen-bond acceptors (Lipinski definition) is 3. The van der Waals surface area contributed by atoms with E-state index in [4.69, 9.17) is 4.74 Å². The summed E-state index contributed by atoms with van der Waals surface area (Å²) in [6.07, 6.45) is 0.224. The van der Waals surface area contributed by atoms with Gasteiger partial charge in [-0.1, -0.05) is 46.3 Å². The quantitative estimate of drug-likeness (QED) is 0.644. The van der Waals surface area contributed by atoms with Gasteiger partial charge in [-0.3, -0.25) is 15.6 Å². The number of methoxy groups -OCH3 is 1. The molecular weight excluding hydrogens is 368 g/mol. The van der Waals surface area contributed by atoms with Crippen molar-refractivity contribution in [1.29, 1.82) is 0 Å². The van der Waals surface area contributed by atoms with Crippen LogP contribution in [0.25, 0.3) is 10.8 Å². The Morgan fingerprint density at radius 1 is 1.08 bits per heavy atom. The third-order valence-corrected chi connectivity index (χ3v) is 4.22. The summed E-state index contributed by atoms with van der Waals surface area (Å²) in [4.78, 5) is 12.3. The Morgan fingerprint density at radius 3 is 2.62 bits per heavy atom. The average Bonchev–Trinajstić information content (AvgIpc) is 2.61. The Bertz CT molecular complexity index is 866. The van der Waals surface area contributed by atoms with Crippen molar-refractivity contribution in [2.24, 2.45) is 0 Å². The van der Waals surface area contributed by atoms with Gasteiger partial charge in [0, 0.05) is 10.0 Å². The number of benzene rings is 3. The molecule has 0 saturated heterocycles. The lowest BCUT2D eigenvalue weighted by Crippen LogP contribution is -2.30. The molecule has 2 N–H and O–H groups in total. The normalized spacial score (nSPS) is 10.4. The number of carbonyl (C=O) groups excluding carboxylic acids is 1. The number of fused-ring (bicyclic) bond motifs is 1. The highest BCUT2D eigenvalue weighted by Gasteiger charge is 2.13. The Kier molecular flexibility index (Phi) is 5.01. The number of hydrazine groups is 1. The number of anilines is 1. The minimum absolute atomic E-state index is 0.132. The summed E-state index contributed by atoms with van der Waals surface area (Å²) in [5.41, 5.74) is 7.34. The topological polar surface area (TPSA) is 50.4 Å². The fraction of sp³-hybridized carbons (Fsp3) is 0.105. The lowest BCUT2D eigenvalue weighted by atomic mass is 10.0. The van der Waals surface area contributed by atoms with Crippen molar-refractivity contribution < 1.29 is 9.53 Å². The highest BCUT2D eigenvalue weighted by molar-refractivity contribution is 9.10. The maximum atomic E-state index is 12.3. The molecule has 0 atom stereocenters. The standard InChI is InChI=1S/C19H17BrN2O2/c1-24-18-10-7-13-11-14(20)8-9-16(13)17(18)12-19(23)22-21-15-5-3-2-4-6-15/h2-11,21H,12H2,1H3,(H,22,23). The van der Waals surface area contributed by atoms with E-state index < -0.39 is 0 Å². The van der Waals surface area contributed by atoms with Crippen LogP contribution >= 0.6 is 15.9 Å². The smallest absolute Gasteiger partial charge is 0.242 e. The first kappa shape index (κ1) is 16.3. The van der Waals surface area contributed by atoms with Crippen LogP contribution in [0.2, 0.25) is 0 Å². The summed E-state index contributed by atoms with van der Waals surface area (Å²) in [7, 11) is 1.61. The number of rotatable bonds is 5. The molecule has 3 rings (SSSR count). The molecule has 5 heteroatoms. The maximum Gasteiger partial charge on any atom is 0.242 e. The van der Waals surface area contributed by atoms with Crippen molar-refractivity contribution in [3.05, 3.63) is 70.7 Å². The number of hydrogen-bond donors (Lipinski definition) is 2. The largest absolute Gasteiger partial charge is 0.496 e. The number of carbonyl (C=O) groups is 1. The number of halogens is 1. The van der Waals surface area contributed by atoms with Crippen LogP contribution in [0.5, 0.6) is 5.75 Å². The minimum atomic E-state index is -0.132. The molecule has 4 nitrogen and oxygen atoms in total. The molecule has 0 aromatic heterocycles. The van der Waals surface area contributed by atoms with Crippen molar-refractivity contribution in [3.8, 4) is 5.75 Å². The highest BCUT2D eigenvalue weighted by atomic mass is 79.9. The zero-order valence-electron chi connectivity index (χ0n) is 13.2. The predicted octanol–water partition coefficient (Wildman–Crippen LogP) is 4.30. The molecule has 24 heavy (non-hydrogen) atoms. The summed E-state index contributed by atoms with van der Waals surface area (Å²) >= 11 is 3.47. The minimum Gasteiger partial charge on any atom is -0.496 e. The first-order valence-corrected chi connectivity index (χ1v) is 8.31. The molecule has 0 bridgehead atoms. The number of ether oxygens (including phenoxy) is 1. The van der Waals surface area contributed by atoms with E-state index >= 15 is 0 Å². The lowest BCUT2D eigenvalue weighted by molar-refractivity contribution is -0.119. The van der Waals surface area contributed by atoms with E-state index in [1.54, 1.807) is 7.11 Å². The van der Waals surface area contributed by atoms with Gasteiger partial charge in [0.1, 0.15) is 5.75 Å². The van der Waals surface area contributed by atoms with Gasteiger partial charge in [0.2, 0.25) is 5.91 Å². The van der Waals surface area contributed by atoms with Crippen LogP contribution in [-0.4, -0.2) is 13.0 Å². The lowest BCUT2D eigenvalue weighted by Gasteiger charge is -2.13. The second kappa shape index (κ2) is 7.36. The van der Waals surface area contributed by atoms with Crippen molar-refractivity contribution in [3.63, 3.8) is 0 Å². The van der Waals surface area contributed by atoms with Gasteiger partial charge in [-0.25, -0.2) is 0 Å². The molecule has 0 unspecified atom stereocenters. The van der Waals surface area contributed by atoms with Gasteiger partial charge < -0.3 is 4.74 Å². The molecule has 0 aliphatic heterocycles. The number of amides is 1. The van der Waals surface area contributed by atoms with Crippen LogP contribution in [-0.2, 0) is 11.2 Å². The molecule has 3 aromatic carbocycles. The first-order chi connectivity index (χ1) is 11.7. The molecule has 0 heterocycles. The average molecular weight is 385 g/mol. The van der Waals surface area contributed by atoms with E-state index in [0.717, 1.165) is 26.5 Å². The zero-order valence-corrected chi connectivity index (χ0v) is 14.8. The molecule has 0 fully saturated rings. The summed E-state index contributed by atoms with van der Waals surface area (Å²) in [6.45, 7) is 0. The predicted molar refractivity (Wildman–Crippen MR) is 100 cm³/mol. The van der Waals surface area contributed by atoms with E-state index in [2.05, 4.69) is 26.8 Å². The molecule has 0 spiro atoms. The SMILES string of the molecule is COc1ccc2cc(Br)ccc2c1CC(=O)NNc1ccccc1. The second-order valence-corrected chi connectivity index (χ2v) is 6.24. The molecule has 1 amide bonds. The van der Waals surface area contributed by atoms with E-state index in [1.165, 1.54) is 0 Å². The summed E-state index contributed by atoms with van der Waals surface area (Å²) < 4.78 is 6.44. The Morgan fingerprint density at radius 2 is 1.88 bits per heavy atom. The summed E-state index contributed by atoms with van der Waals surface area (Å²) in [5.74, 6) is 0.576. The van der Waals surface area contributed by atoms with Gasteiger partial charge >= 0.3 is 0 Å². The van der Waals surface area contributed by atoms with Crippen molar-refractivity contribution in [2.75, 3.05) is 12.5 Å². The van der Waals surface area contributed by atoms with Crippen LogP contribution in [0, 0.1) is 0 Å². The number of para-hydroxylation sites is 1. The Labute approximate surface area is 148 Å². The molecule has 0 saturated carbocycles. The van der Waals surface area contributed by atoms with E-state index in [-0.39, 0.29) is 12.3 Å². The van der Waals surface area contributed by atoms with Gasteiger partial charge in [-0.2, -0.15) is 0 Å². The van der Waals surface area contributed by atoms with Crippen LogP contribution in [0.3, 0.4) is 0 Å². The van der Waals surface area contributed by atoms with Gasteiger partial charge in [0.15, 0.2) is 0 Å². The van der Waals surface area contributed by atoms with E-state index in [0.29, 0.717) is 5.75 Å². The van der Waals surface area contributed by atoms with Crippen molar-refractivity contribution >= 4 is 38.3 Å². The molecular formula is C19H17BrN2O2. The third-order valence-electron chi connectivity index (χ3n) is 3.73. The molecule has 0 aliphatic rings. The van der Waals surface area contributed by atoms with Gasteiger partial charge in [0.05, 0.1) is 19.2 Å². The second-order valence-electron chi connectivity index (χ2n) is 5.33. The summed E-state index contributed by atoms with van der Waals surface area (Å²) in [6, 6.07) is 19.4. The highest BCUT2D eigenvalue weighted by Crippen LogP contribution is 2.30. The van der Waals surface area contributed by atoms with Crippen LogP contribution < -0.4 is 15.6 Å². The van der Waals surface area contributed by atoms with Crippen molar-refractivity contribution in [2.45, 2.75) is 6.42 Å². The monoisotopic (exact) mass is 384 g/mol. The molecule has 0 radical (unpaired) electrons. The molecule has 0 aliphatic carbocycles. The summed E-state index contributed by atoms with van der Waals surface area (Å²) in [5, 5.41) is 2.07.